The highest BCUT2D eigenvalue weighted by Crippen LogP contribution is 2.22. The summed E-state index contributed by atoms with van der Waals surface area (Å²) in [5, 5.41) is 11.4. The summed E-state index contributed by atoms with van der Waals surface area (Å²) in [6.45, 7) is 9.18. The van der Waals surface area contributed by atoms with Crippen molar-refractivity contribution in [3.05, 3.63) is 11.1 Å². The average Bonchev–Trinajstić information content (AvgIpc) is 2.82. The summed E-state index contributed by atoms with van der Waals surface area (Å²) < 4.78 is 0. The highest BCUT2D eigenvalue weighted by molar-refractivity contribution is 7.14. The Morgan fingerprint density at radius 2 is 2.10 bits per heavy atom. The van der Waals surface area contributed by atoms with Crippen molar-refractivity contribution in [1.29, 1.82) is 0 Å². The minimum atomic E-state index is -0.798. The molecule has 118 valence electrons. The van der Waals surface area contributed by atoms with Crippen LogP contribution in [0.15, 0.2) is 5.38 Å². The number of anilines is 1. The summed E-state index contributed by atoms with van der Waals surface area (Å²) in [4.78, 5) is 30.4. The van der Waals surface area contributed by atoms with E-state index in [4.69, 9.17) is 5.11 Å². The molecular weight excluding hydrogens is 290 g/mol. The van der Waals surface area contributed by atoms with Crippen molar-refractivity contribution in [2.45, 2.75) is 46.7 Å². The van der Waals surface area contributed by atoms with Gasteiger partial charge in [0, 0.05) is 38.0 Å². The number of amides is 1. The van der Waals surface area contributed by atoms with Gasteiger partial charge in [-0.2, -0.15) is 0 Å². The fourth-order valence-electron chi connectivity index (χ4n) is 1.95. The first-order valence-corrected chi connectivity index (χ1v) is 7.91. The third-order valence-electron chi connectivity index (χ3n) is 3.18. The maximum Gasteiger partial charge on any atom is 0.304 e. The molecule has 1 amide bonds. The summed E-state index contributed by atoms with van der Waals surface area (Å²) in [7, 11) is 0. The summed E-state index contributed by atoms with van der Waals surface area (Å²) in [5.74, 6) is -0.821. The van der Waals surface area contributed by atoms with E-state index < -0.39 is 5.97 Å². The fourth-order valence-corrected chi connectivity index (χ4v) is 2.88. The zero-order chi connectivity index (χ0) is 16.0. The van der Waals surface area contributed by atoms with Crippen molar-refractivity contribution >= 4 is 28.3 Å². The van der Waals surface area contributed by atoms with Gasteiger partial charge in [-0.3, -0.25) is 19.4 Å². The summed E-state index contributed by atoms with van der Waals surface area (Å²) in [6, 6.07) is 0.240. The monoisotopic (exact) mass is 313 g/mol. The molecule has 1 N–H and O–H groups in total. The summed E-state index contributed by atoms with van der Waals surface area (Å²) in [6.07, 6.45) is 0.115. The van der Waals surface area contributed by atoms with Gasteiger partial charge in [0.05, 0.1) is 12.1 Å². The number of thiazole rings is 1. The Labute approximate surface area is 129 Å². The lowest BCUT2D eigenvalue weighted by Gasteiger charge is -2.24. The number of carboxylic acids is 1. The SMILES string of the molecule is CCN(C(C)=O)c1nc(CN(CCC(=O)O)C(C)C)cs1. The second kappa shape index (κ2) is 8.09. The quantitative estimate of drug-likeness (QED) is 0.796. The van der Waals surface area contributed by atoms with Gasteiger partial charge in [0.15, 0.2) is 5.13 Å². The number of carbonyl (C=O) groups excluding carboxylic acids is 1. The van der Waals surface area contributed by atoms with Crippen molar-refractivity contribution in [3.63, 3.8) is 0 Å². The molecule has 0 saturated carbocycles. The Hall–Kier alpha value is -1.47. The summed E-state index contributed by atoms with van der Waals surface area (Å²) in [5.41, 5.74) is 0.869. The van der Waals surface area contributed by atoms with E-state index in [0.29, 0.717) is 24.8 Å². The van der Waals surface area contributed by atoms with Gasteiger partial charge in [-0.25, -0.2) is 4.98 Å². The molecule has 0 aliphatic heterocycles. The summed E-state index contributed by atoms with van der Waals surface area (Å²) >= 11 is 1.44. The molecular formula is C14H23N3O3S. The minimum Gasteiger partial charge on any atom is -0.481 e. The van der Waals surface area contributed by atoms with Crippen LogP contribution in [0.1, 0.15) is 39.8 Å². The zero-order valence-electron chi connectivity index (χ0n) is 13.0. The second-order valence-electron chi connectivity index (χ2n) is 5.09. The Kier molecular flexibility index (Phi) is 6.77. The fraction of sp³-hybridized carbons (Fsp3) is 0.643. The Morgan fingerprint density at radius 3 is 2.57 bits per heavy atom. The Balaban J connectivity index is 2.74. The molecule has 21 heavy (non-hydrogen) atoms. The Morgan fingerprint density at radius 1 is 1.43 bits per heavy atom. The molecule has 0 aromatic carbocycles. The second-order valence-corrected chi connectivity index (χ2v) is 5.93. The Bertz CT molecular complexity index is 488. The van der Waals surface area contributed by atoms with Gasteiger partial charge < -0.3 is 5.11 Å². The number of carbonyl (C=O) groups is 2. The highest BCUT2D eigenvalue weighted by atomic mass is 32.1. The first-order chi connectivity index (χ1) is 9.85. The topological polar surface area (TPSA) is 73.7 Å². The van der Waals surface area contributed by atoms with Crippen LogP contribution in [0, 0.1) is 0 Å². The van der Waals surface area contributed by atoms with Gasteiger partial charge in [-0.05, 0) is 20.8 Å². The van der Waals surface area contributed by atoms with Crippen molar-refractivity contribution < 1.29 is 14.7 Å². The van der Waals surface area contributed by atoms with E-state index in [9.17, 15) is 9.59 Å². The predicted molar refractivity (Wildman–Crippen MR) is 83.6 cm³/mol. The van der Waals surface area contributed by atoms with Gasteiger partial charge in [0.1, 0.15) is 0 Å². The van der Waals surface area contributed by atoms with E-state index in [1.165, 1.54) is 18.3 Å². The van der Waals surface area contributed by atoms with E-state index >= 15 is 0 Å². The molecule has 6 nitrogen and oxygen atoms in total. The lowest BCUT2D eigenvalue weighted by molar-refractivity contribution is -0.137. The number of aliphatic carboxylic acids is 1. The molecule has 0 atom stereocenters. The maximum absolute atomic E-state index is 11.5. The molecule has 0 unspecified atom stereocenters. The molecule has 1 heterocycles. The van der Waals surface area contributed by atoms with Gasteiger partial charge >= 0.3 is 5.97 Å². The predicted octanol–water partition coefficient (Wildman–Crippen LogP) is 2.20. The van der Waals surface area contributed by atoms with Gasteiger partial charge in [0.2, 0.25) is 5.91 Å². The molecule has 0 aliphatic rings. The third-order valence-corrected chi connectivity index (χ3v) is 4.09. The van der Waals surface area contributed by atoms with Crippen LogP contribution in [0.3, 0.4) is 0 Å². The molecule has 0 aliphatic carbocycles. The van der Waals surface area contributed by atoms with Gasteiger partial charge in [-0.1, -0.05) is 0 Å². The van der Waals surface area contributed by atoms with E-state index in [-0.39, 0.29) is 18.4 Å². The standard InChI is InChI=1S/C14H23N3O3S/c1-5-17(11(4)18)14-15-12(9-21-14)8-16(10(2)3)7-6-13(19)20/h9-10H,5-8H2,1-4H3,(H,19,20). The zero-order valence-corrected chi connectivity index (χ0v) is 13.8. The first kappa shape index (κ1) is 17.6. The molecule has 1 rings (SSSR count). The lowest BCUT2D eigenvalue weighted by Crippen LogP contribution is -2.32. The third kappa shape index (κ3) is 5.43. The molecule has 0 saturated heterocycles. The molecule has 0 fully saturated rings. The van der Waals surface area contributed by atoms with Crippen LogP contribution in [-0.2, 0) is 16.1 Å². The molecule has 1 aromatic rings. The molecule has 0 radical (unpaired) electrons. The largest absolute Gasteiger partial charge is 0.481 e. The van der Waals surface area contributed by atoms with Gasteiger partial charge in [-0.15, -0.1) is 11.3 Å². The van der Waals surface area contributed by atoms with Gasteiger partial charge in [0.25, 0.3) is 0 Å². The van der Waals surface area contributed by atoms with Crippen molar-refractivity contribution in [2.75, 3.05) is 18.0 Å². The number of aromatic nitrogens is 1. The first-order valence-electron chi connectivity index (χ1n) is 7.03. The van der Waals surface area contributed by atoms with E-state index in [0.717, 1.165) is 5.69 Å². The average molecular weight is 313 g/mol. The van der Waals surface area contributed by atoms with Crippen LogP contribution in [0.4, 0.5) is 5.13 Å². The molecule has 1 aromatic heterocycles. The normalized spacial score (nSPS) is 11.1. The number of hydrogen-bond donors (Lipinski definition) is 1. The van der Waals surface area contributed by atoms with Crippen molar-refractivity contribution in [2.24, 2.45) is 0 Å². The van der Waals surface area contributed by atoms with Crippen LogP contribution < -0.4 is 4.90 Å². The molecule has 7 heteroatoms. The number of carboxylic acid groups (broad SMARTS) is 1. The maximum atomic E-state index is 11.5. The van der Waals surface area contributed by atoms with Crippen LogP contribution in [0.25, 0.3) is 0 Å². The van der Waals surface area contributed by atoms with Crippen molar-refractivity contribution in [3.8, 4) is 0 Å². The lowest BCUT2D eigenvalue weighted by atomic mass is 10.2. The van der Waals surface area contributed by atoms with E-state index in [1.54, 1.807) is 4.90 Å². The van der Waals surface area contributed by atoms with E-state index in [2.05, 4.69) is 9.88 Å². The number of hydrogen-bond acceptors (Lipinski definition) is 5. The number of rotatable bonds is 8. The van der Waals surface area contributed by atoms with Crippen LogP contribution >= 0.6 is 11.3 Å². The number of nitrogens with zero attached hydrogens (tertiary/aromatic N) is 3. The minimum absolute atomic E-state index is 0.0232. The highest BCUT2D eigenvalue weighted by Gasteiger charge is 2.17. The van der Waals surface area contributed by atoms with E-state index in [1.807, 2.05) is 26.2 Å². The molecule has 0 spiro atoms. The van der Waals surface area contributed by atoms with Crippen LogP contribution in [0.2, 0.25) is 0 Å². The van der Waals surface area contributed by atoms with Crippen LogP contribution in [0.5, 0.6) is 0 Å². The van der Waals surface area contributed by atoms with Crippen LogP contribution in [-0.4, -0.2) is 46.0 Å². The van der Waals surface area contributed by atoms with Crippen molar-refractivity contribution in [1.82, 2.24) is 9.88 Å². The smallest absolute Gasteiger partial charge is 0.304 e. The molecule has 0 bridgehead atoms.